The van der Waals surface area contributed by atoms with E-state index in [0.29, 0.717) is 6.04 Å². The Morgan fingerprint density at radius 2 is 1.72 bits per heavy atom. The van der Waals surface area contributed by atoms with Crippen LogP contribution >= 0.6 is 0 Å². The van der Waals surface area contributed by atoms with Crippen molar-refractivity contribution in [2.24, 2.45) is 0 Å². The third-order valence-corrected chi connectivity index (χ3v) is 3.29. The molecule has 2 heteroatoms. The molecule has 0 saturated heterocycles. The Morgan fingerprint density at radius 3 is 2.28 bits per heavy atom. The van der Waals surface area contributed by atoms with Gasteiger partial charge in [0.1, 0.15) is 0 Å². The molecule has 0 fully saturated rings. The first-order chi connectivity index (χ1) is 8.63. The van der Waals surface area contributed by atoms with Gasteiger partial charge in [0.15, 0.2) is 0 Å². The smallest absolute Gasteiger partial charge is 0.0362 e. The summed E-state index contributed by atoms with van der Waals surface area (Å²) < 4.78 is 0. The number of unbranched alkanes of at least 4 members (excludes halogenated alkanes) is 3. The number of nitrogens with one attached hydrogen (secondary N) is 1. The minimum Gasteiger partial charge on any atom is -0.383 e. The summed E-state index contributed by atoms with van der Waals surface area (Å²) in [6.07, 6.45) is 6.63. The maximum atomic E-state index is 3.57. The largest absolute Gasteiger partial charge is 0.383 e. The van der Waals surface area contributed by atoms with Crippen LogP contribution in [-0.4, -0.2) is 20.1 Å². The van der Waals surface area contributed by atoms with E-state index in [4.69, 9.17) is 0 Å². The van der Waals surface area contributed by atoms with Crippen molar-refractivity contribution in [3.8, 4) is 0 Å². The molecular weight excluding hydrogens is 220 g/mol. The Hall–Kier alpha value is -1.18. The van der Waals surface area contributed by atoms with Crippen LogP contribution in [0.15, 0.2) is 24.3 Å². The normalized spacial score (nSPS) is 12.2. The van der Waals surface area contributed by atoms with Crippen LogP contribution in [0.3, 0.4) is 0 Å². The predicted octanol–water partition coefficient (Wildman–Crippen LogP) is 4.52. The van der Waals surface area contributed by atoms with Crippen LogP contribution in [0.4, 0.5) is 11.4 Å². The summed E-state index contributed by atoms with van der Waals surface area (Å²) in [5, 5.41) is 3.57. The minimum absolute atomic E-state index is 0.562. The van der Waals surface area contributed by atoms with Crippen LogP contribution in [0.5, 0.6) is 0 Å². The molecule has 0 aliphatic carbocycles. The maximum absolute atomic E-state index is 3.57. The zero-order valence-electron chi connectivity index (χ0n) is 12.4. The van der Waals surface area contributed by atoms with E-state index < -0.39 is 0 Å². The zero-order chi connectivity index (χ0) is 13.4. The van der Waals surface area contributed by atoms with E-state index in [0.717, 1.165) is 0 Å². The Labute approximate surface area is 112 Å². The molecule has 18 heavy (non-hydrogen) atoms. The fourth-order valence-electron chi connectivity index (χ4n) is 2.09. The molecule has 0 aliphatic rings. The molecule has 0 heterocycles. The standard InChI is InChI=1S/C16H28N2/c1-5-6-7-8-9-14(2)17-15-10-12-16(13-11-15)18(3)4/h10-14,17H,5-9H2,1-4H3. The van der Waals surface area contributed by atoms with Crippen molar-refractivity contribution < 1.29 is 0 Å². The van der Waals surface area contributed by atoms with Crippen molar-refractivity contribution in [2.45, 2.75) is 52.0 Å². The van der Waals surface area contributed by atoms with Gasteiger partial charge < -0.3 is 10.2 Å². The second-order valence-electron chi connectivity index (χ2n) is 5.34. The van der Waals surface area contributed by atoms with E-state index in [2.05, 4.69) is 62.4 Å². The van der Waals surface area contributed by atoms with Gasteiger partial charge >= 0.3 is 0 Å². The van der Waals surface area contributed by atoms with Crippen molar-refractivity contribution in [2.75, 3.05) is 24.3 Å². The summed E-state index contributed by atoms with van der Waals surface area (Å²) in [6.45, 7) is 4.53. The van der Waals surface area contributed by atoms with Gasteiger partial charge in [-0.3, -0.25) is 0 Å². The fourth-order valence-corrected chi connectivity index (χ4v) is 2.09. The average Bonchev–Trinajstić information content (AvgIpc) is 2.35. The zero-order valence-corrected chi connectivity index (χ0v) is 12.4. The lowest BCUT2D eigenvalue weighted by Gasteiger charge is -2.17. The highest BCUT2D eigenvalue weighted by Gasteiger charge is 2.02. The number of benzene rings is 1. The minimum atomic E-state index is 0.562. The molecule has 0 radical (unpaired) electrons. The van der Waals surface area contributed by atoms with Crippen molar-refractivity contribution in [3.05, 3.63) is 24.3 Å². The Morgan fingerprint density at radius 1 is 1.06 bits per heavy atom. The molecule has 102 valence electrons. The third-order valence-electron chi connectivity index (χ3n) is 3.29. The molecule has 1 N–H and O–H groups in total. The third kappa shape index (κ3) is 5.44. The van der Waals surface area contributed by atoms with Crippen molar-refractivity contribution in [1.29, 1.82) is 0 Å². The quantitative estimate of drug-likeness (QED) is 0.680. The van der Waals surface area contributed by atoms with E-state index in [-0.39, 0.29) is 0 Å². The highest BCUT2D eigenvalue weighted by atomic mass is 15.1. The predicted molar refractivity (Wildman–Crippen MR) is 82.6 cm³/mol. The maximum Gasteiger partial charge on any atom is 0.0362 e. The lowest BCUT2D eigenvalue weighted by atomic mass is 10.1. The topological polar surface area (TPSA) is 15.3 Å². The summed E-state index contributed by atoms with van der Waals surface area (Å²) in [7, 11) is 4.14. The molecule has 0 saturated carbocycles. The molecule has 2 nitrogen and oxygen atoms in total. The molecule has 0 amide bonds. The number of rotatable bonds is 8. The van der Waals surface area contributed by atoms with E-state index in [1.165, 1.54) is 43.5 Å². The van der Waals surface area contributed by atoms with E-state index >= 15 is 0 Å². The van der Waals surface area contributed by atoms with Gasteiger partial charge in [-0.15, -0.1) is 0 Å². The van der Waals surface area contributed by atoms with Gasteiger partial charge in [-0.1, -0.05) is 32.6 Å². The SMILES string of the molecule is CCCCCCC(C)Nc1ccc(N(C)C)cc1. The molecule has 0 aliphatic heterocycles. The van der Waals surface area contributed by atoms with Crippen LogP contribution < -0.4 is 10.2 Å². The molecule has 1 aromatic carbocycles. The average molecular weight is 248 g/mol. The number of hydrogen-bond acceptors (Lipinski definition) is 2. The van der Waals surface area contributed by atoms with Gasteiger partial charge in [-0.25, -0.2) is 0 Å². The van der Waals surface area contributed by atoms with Crippen LogP contribution in [-0.2, 0) is 0 Å². The van der Waals surface area contributed by atoms with E-state index in [1.807, 2.05) is 0 Å². The van der Waals surface area contributed by atoms with Crippen molar-refractivity contribution in [1.82, 2.24) is 0 Å². The van der Waals surface area contributed by atoms with Gasteiger partial charge in [-0.05, 0) is 37.6 Å². The number of hydrogen-bond donors (Lipinski definition) is 1. The summed E-state index contributed by atoms with van der Waals surface area (Å²) in [4.78, 5) is 2.12. The van der Waals surface area contributed by atoms with E-state index in [9.17, 15) is 0 Å². The van der Waals surface area contributed by atoms with Crippen molar-refractivity contribution >= 4 is 11.4 Å². The second kappa shape index (κ2) is 8.02. The summed E-state index contributed by atoms with van der Waals surface area (Å²) in [5.41, 5.74) is 2.47. The molecule has 1 atom stereocenters. The summed E-state index contributed by atoms with van der Waals surface area (Å²) in [5.74, 6) is 0. The summed E-state index contributed by atoms with van der Waals surface area (Å²) in [6, 6.07) is 9.21. The summed E-state index contributed by atoms with van der Waals surface area (Å²) >= 11 is 0. The van der Waals surface area contributed by atoms with Crippen molar-refractivity contribution in [3.63, 3.8) is 0 Å². The lowest BCUT2D eigenvalue weighted by Crippen LogP contribution is -2.15. The molecule has 0 aromatic heterocycles. The van der Waals surface area contributed by atoms with E-state index in [1.54, 1.807) is 0 Å². The highest BCUT2D eigenvalue weighted by Crippen LogP contribution is 2.17. The van der Waals surface area contributed by atoms with Crippen LogP contribution in [0.1, 0.15) is 46.0 Å². The first-order valence-corrected chi connectivity index (χ1v) is 7.17. The molecule has 1 aromatic rings. The van der Waals surface area contributed by atoms with Gasteiger partial charge in [0.2, 0.25) is 0 Å². The first-order valence-electron chi connectivity index (χ1n) is 7.17. The lowest BCUT2D eigenvalue weighted by molar-refractivity contribution is 0.594. The molecule has 1 unspecified atom stereocenters. The van der Waals surface area contributed by atoms with Gasteiger partial charge in [0.25, 0.3) is 0 Å². The molecule has 0 spiro atoms. The van der Waals surface area contributed by atoms with Crippen LogP contribution in [0.2, 0.25) is 0 Å². The highest BCUT2D eigenvalue weighted by molar-refractivity contribution is 5.54. The molecular formula is C16H28N2. The van der Waals surface area contributed by atoms with Gasteiger partial charge in [0.05, 0.1) is 0 Å². The van der Waals surface area contributed by atoms with Gasteiger partial charge in [0, 0.05) is 31.5 Å². The Kier molecular flexibility index (Phi) is 6.63. The Balaban J connectivity index is 2.32. The van der Waals surface area contributed by atoms with Crippen LogP contribution in [0, 0.1) is 0 Å². The second-order valence-corrected chi connectivity index (χ2v) is 5.34. The molecule has 1 rings (SSSR count). The monoisotopic (exact) mass is 248 g/mol. The number of anilines is 2. The van der Waals surface area contributed by atoms with Gasteiger partial charge in [-0.2, -0.15) is 0 Å². The van der Waals surface area contributed by atoms with Crippen LogP contribution in [0.25, 0.3) is 0 Å². The Bertz CT molecular complexity index is 316. The first kappa shape index (κ1) is 14.9. The number of nitrogens with zero attached hydrogens (tertiary/aromatic N) is 1. The fraction of sp³-hybridized carbons (Fsp3) is 0.625. The molecule has 0 bridgehead atoms.